The number of aliphatic imine (C=N–C) groups is 1. The summed E-state index contributed by atoms with van der Waals surface area (Å²) in [7, 11) is 2.16. The molecule has 0 bridgehead atoms. The fraction of sp³-hybridized carbons (Fsp3) is 0.298. The number of anilines is 3. The summed E-state index contributed by atoms with van der Waals surface area (Å²) in [5.74, 6) is 0.864. The molecule has 0 saturated heterocycles. The summed E-state index contributed by atoms with van der Waals surface area (Å²) >= 11 is 4.61. The SMILES string of the molecule is C=CC1=NC(C(=C)CN(C)c2ccccc2Nc2c(C(C)C)cc(-c3ccccc3)cc2C(C)C)C(CCC(=C)/C=C(/S)CC)c2ccccc21. The van der Waals surface area contributed by atoms with Gasteiger partial charge in [-0.25, -0.2) is 0 Å². The van der Waals surface area contributed by atoms with Crippen molar-refractivity contribution in [3.8, 4) is 11.1 Å². The van der Waals surface area contributed by atoms with Gasteiger partial charge in [0.1, 0.15) is 0 Å². The minimum Gasteiger partial charge on any atom is -0.369 e. The molecule has 1 heterocycles. The number of hydrogen-bond donors (Lipinski definition) is 2. The molecule has 3 nitrogen and oxygen atoms in total. The standard InChI is InChI=1S/C47H55N3S/c1-10-37(51)27-33(7)25-26-40-38-21-15-16-22-39(38)43(11-2)48-46(40)34(8)30-50(9)45-24-18-17-23-44(45)49-47-41(31(3)4)28-36(29-42(47)32(5)6)35-19-13-12-14-20-35/h11-24,27-29,31-32,40,46,49,51H,2,7-8,10,25-26,30H2,1,3-6,9H3/b37-27+. The number of likely N-dealkylation sites (N-methyl/N-ethyl adjacent to an activating group) is 1. The van der Waals surface area contributed by atoms with Crippen molar-refractivity contribution in [2.24, 2.45) is 4.99 Å². The zero-order valence-corrected chi connectivity index (χ0v) is 32.3. The van der Waals surface area contributed by atoms with Crippen LogP contribution in [0.5, 0.6) is 0 Å². The van der Waals surface area contributed by atoms with Gasteiger partial charge in [-0.05, 0) is 99.7 Å². The van der Waals surface area contributed by atoms with Gasteiger partial charge in [0.25, 0.3) is 0 Å². The Morgan fingerprint density at radius 2 is 1.51 bits per heavy atom. The summed E-state index contributed by atoms with van der Waals surface area (Å²) in [5, 5.41) is 3.94. The maximum atomic E-state index is 5.31. The van der Waals surface area contributed by atoms with Gasteiger partial charge in [0.2, 0.25) is 0 Å². The molecule has 0 aliphatic carbocycles. The summed E-state index contributed by atoms with van der Waals surface area (Å²) in [6, 6.07) is 32.6. The number of benzene rings is 4. The van der Waals surface area contributed by atoms with E-state index < -0.39 is 0 Å². The summed E-state index contributed by atoms with van der Waals surface area (Å²) in [5.41, 5.74) is 14.1. The normalized spacial score (nSPS) is 15.7. The number of fused-ring (bicyclic) bond motifs is 1. The molecule has 264 valence electrons. The van der Waals surface area contributed by atoms with E-state index in [2.05, 4.69) is 175 Å². The summed E-state index contributed by atoms with van der Waals surface area (Å²) in [6.07, 6.45) is 6.69. The zero-order valence-electron chi connectivity index (χ0n) is 31.4. The molecule has 1 aliphatic rings. The second-order valence-electron chi connectivity index (χ2n) is 14.4. The molecule has 0 radical (unpaired) electrons. The molecule has 0 spiro atoms. The van der Waals surface area contributed by atoms with E-state index in [1.165, 1.54) is 33.5 Å². The highest BCUT2D eigenvalue weighted by molar-refractivity contribution is 7.84. The molecule has 0 fully saturated rings. The Balaban J connectivity index is 1.46. The van der Waals surface area contributed by atoms with Crippen LogP contribution in [0.25, 0.3) is 11.1 Å². The van der Waals surface area contributed by atoms with Crippen LogP contribution >= 0.6 is 12.6 Å². The summed E-state index contributed by atoms with van der Waals surface area (Å²) in [4.78, 5) is 8.67. The maximum absolute atomic E-state index is 5.31. The smallest absolute Gasteiger partial charge is 0.0799 e. The van der Waals surface area contributed by atoms with Crippen LogP contribution < -0.4 is 10.2 Å². The van der Waals surface area contributed by atoms with Gasteiger partial charge in [0.05, 0.1) is 23.1 Å². The fourth-order valence-corrected chi connectivity index (χ4v) is 7.39. The Kier molecular flexibility index (Phi) is 12.7. The highest BCUT2D eigenvalue weighted by Gasteiger charge is 2.32. The van der Waals surface area contributed by atoms with Crippen molar-refractivity contribution in [2.45, 2.75) is 77.7 Å². The molecule has 2 unspecified atom stereocenters. The van der Waals surface area contributed by atoms with Crippen LogP contribution in [0.1, 0.15) is 93.9 Å². The van der Waals surface area contributed by atoms with Crippen LogP contribution in [-0.4, -0.2) is 25.3 Å². The van der Waals surface area contributed by atoms with Crippen LogP contribution in [0, 0.1) is 0 Å². The van der Waals surface area contributed by atoms with Crippen molar-refractivity contribution in [1.82, 2.24) is 0 Å². The van der Waals surface area contributed by atoms with E-state index >= 15 is 0 Å². The third kappa shape index (κ3) is 8.86. The lowest BCUT2D eigenvalue weighted by molar-refractivity contribution is 0.537. The van der Waals surface area contributed by atoms with Crippen molar-refractivity contribution in [2.75, 3.05) is 23.8 Å². The van der Waals surface area contributed by atoms with Crippen molar-refractivity contribution in [1.29, 1.82) is 0 Å². The highest BCUT2D eigenvalue weighted by atomic mass is 32.1. The van der Waals surface area contributed by atoms with Crippen LogP contribution in [0.2, 0.25) is 0 Å². The number of para-hydroxylation sites is 2. The molecule has 2 atom stereocenters. The summed E-state index contributed by atoms with van der Waals surface area (Å²) < 4.78 is 0. The lowest BCUT2D eigenvalue weighted by atomic mass is 9.78. The Hall–Kier alpha value is -4.54. The van der Waals surface area contributed by atoms with E-state index in [-0.39, 0.29) is 12.0 Å². The molecular formula is C47H55N3S. The van der Waals surface area contributed by atoms with Gasteiger partial charge < -0.3 is 10.2 Å². The molecule has 1 N–H and O–H groups in total. The Labute approximate surface area is 313 Å². The second-order valence-corrected chi connectivity index (χ2v) is 15.0. The van der Waals surface area contributed by atoms with Gasteiger partial charge in [-0.15, -0.1) is 12.6 Å². The van der Waals surface area contributed by atoms with Crippen molar-refractivity contribution < 1.29 is 0 Å². The van der Waals surface area contributed by atoms with E-state index in [1.807, 2.05) is 6.08 Å². The molecule has 5 rings (SSSR count). The second kappa shape index (κ2) is 17.1. The van der Waals surface area contributed by atoms with E-state index in [0.717, 1.165) is 58.0 Å². The molecule has 1 aliphatic heterocycles. The Morgan fingerprint density at radius 3 is 2.16 bits per heavy atom. The Bertz CT molecular complexity index is 1900. The van der Waals surface area contributed by atoms with E-state index in [0.29, 0.717) is 18.4 Å². The molecule has 4 heteroatoms. The van der Waals surface area contributed by atoms with Crippen LogP contribution in [0.3, 0.4) is 0 Å². The zero-order chi connectivity index (χ0) is 36.7. The van der Waals surface area contributed by atoms with Gasteiger partial charge in [-0.2, -0.15) is 0 Å². The van der Waals surface area contributed by atoms with Crippen molar-refractivity contribution in [3.05, 3.63) is 161 Å². The lowest BCUT2D eigenvalue weighted by Crippen LogP contribution is -2.32. The molecular weight excluding hydrogens is 639 g/mol. The average molecular weight is 694 g/mol. The van der Waals surface area contributed by atoms with Crippen LogP contribution in [-0.2, 0) is 0 Å². The van der Waals surface area contributed by atoms with Crippen molar-refractivity contribution >= 4 is 35.4 Å². The third-order valence-electron chi connectivity index (χ3n) is 9.98. The average Bonchev–Trinajstić information content (AvgIpc) is 3.13. The fourth-order valence-electron chi connectivity index (χ4n) is 7.21. The van der Waals surface area contributed by atoms with Gasteiger partial charge in [0, 0.05) is 30.8 Å². The van der Waals surface area contributed by atoms with Crippen molar-refractivity contribution in [3.63, 3.8) is 0 Å². The van der Waals surface area contributed by atoms with Crippen LogP contribution in [0.4, 0.5) is 17.1 Å². The Morgan fingerprint density at radius 1 is 0.882 bits per heavy atom. The maximum Gasteiger partial charge on any atom is 0.0799 e. The predicted octanol–water partition coefficient (Wildman–Crippen LogP) is 13.0. The third-order valence-corrected chi connectivity index (χ3v) is 10.4. The first kappa shape index (κ1) is 37.7. The van der Waals surface area contributed by atoms with Gasteiger partial charge in [-0.1, -0.05) is 133 Å². The van der Waals surface area contributed by atoms with Crippen LogP contribution in [0.15, 0.2) is 144 Å². The molecule has 4 aromatic carbocycles. The number of nitrogens with one attached hydrogen (secondary N) is 1. The minimum atomic E-state index is -0.0838. The number of hydrogen-bond acceptors (Lipinski definition) is 4. The lowest BCUT2D eigenvalue weighted by Gasteiger charge is -2.35. The minimum absolute atomic E-state index is 0.0838. The summed E-state index contributed by atoms with van der Waals surface area (Å²) in [6.45, 7) is 25.1. The van der Waals surface area contributed by atoms with E-state index in [1.54, 1.807) is 0 Å². The first-order valence-corrected chi connectivity index (χ1v) is 18.8. The number of nitrogens with zero attached hydrogens (tertiary/aromatic N) is 2. The number of allylic oxidation sites excluding steroid dienone is 4. The molecule has 0 aromatic heterocycles. The van der Waals surface area contributed by atoms with Gasteiger partial charge >= 0.3 is 0 Å². The first-order chi connectivity index (χ1) is 24.5. The molecule has 0 saturated carbocycles. The monoisotopic (exact) mass is 693 g/mol. The van der Waals surface area contributed by atoms with Gasteiger partial charge in [0.15, 0.2) is 0 Å². The molecule has 4 aromatic rings. The predicted molar refractivity (Wildman–Crippen MR) is 228 cm³/mol. The van der Waals surface area contributed by atoms with E-state index in [9.17, 15) is 0 Å². The van der Waals surface area contributed by atoms with E-state index in [4.69, 9.17) is 11.6 Å². The number of rotatable bonds is 15. The van der Waals surface area contributed by atoms with Gasteiger partial charge in [-0.3, -0.25) is 4.99 Å². The molecule has 51 heavy (non-hydrogen) atoms. The first-order valence-electron chi connectivity index (χ1n) is 18.4. The highest BCUT2D eigenvalue weighted by Crippen LogP contribution is 2.42. The number of thiol groups is 1. The topological polar surface area (TPSA) is 27.6 Å². The quantitative estimate of drug-likeness (QED) is 0.0737. The molecule has 0 amide bonds. The largest absolute Gasteiger partial charge is 0.369 e.